The van der Waals surface area contributed by atoms with E-state index >= 15 is 0 Å². The number of hydrogen-bond acceptors (Lipinski definition) is 1. The lowest BCUT2D eigenvalue weighted by atomic mass is 10.2. The van der Waals surface area contributed by atoms with Gasteiger partial charge in [-0.05, 0) is 6.92 Å². The van der Waals surface area contributed by atoms with Gasteiger partial charge in [-0.1, -0.05) is 12.7 Å². The van der Waals surface area contributed by atoms with Gasteiger partial charge in [0.15, 0.2) is 0 Å². The average Bonchev–Trinajstić information content (AvgIpc) is 2.04. The molecule has 1 rings (SSSR count). The standard InChI is InChI=1S/C8H12N2O/c1-3-7-5-6-9-8(11)10(7)4-2/h3-4H,2,5-6H2,1H3,(H,9,11)/b7-3-. The minimum absolute atomic E-state index is 0.0839. The molecule has 11 heavy (non-hydrogen) atoms. The Labute approximate surface area is 66.4 Å². The highest BCUT2D eigenvalue weighted by atomic mass is 16.2. The maximum absolute atomic E-state index is 11.1. The molecule has 0 aromatic heterocycles. The molecule has 0 aliphatic carbocycles. The Kier molecular flexibility index (Phi) is 2.31. The van der Waals surface area contributed by atoms with Crippen molar-refractivity contribution in [1.29, 1.82) is 0 Å². The molecule has 0 aromatic rings. The van der Waals surface area contributed by atoms with Crippen LogP contribution in [0.1, 0.15) is 13.3 Å². The van der Waals surface area contributed by atoms with E-state index in [0.29, 0.717) is 0 Å². The summed E-state index contributed by atoms with van der Waals surface area (Å²) >= 11 is 0. The Bertz CT molecular complexity index is 208. The minimum Gasteiger partial charge on any atom is -0.337 e. The molecule has 1 N–H and O–H groups in total. The molecule has 1 heterocycles. The van der Waals surface area contributed by atoms with Crippen LogP contribution in [0.3, 0.4) is 0 Å². The van der Waals surface area contributed by atoms with Gasteiger partial charge >= 0.3 is 6.03 Å². The number of carbonyl (C=O) groups is 1. The minimum atomic E-state index is -0.0839. The van der Waals surface area contributed by atoms with E-state index in [1.807, 2.05) is 13.0 Å². The van der Waals surface area contributed by atoms with Crippen LogP contribution in [0, 0.1) is 0 Å². The molecule has 0 spiro atoms. The molecule has 60 valence electrons. The van der Waals surface area contributed by atoms with E-state index < -0.39 is 0 Å². The fourth-order valence-corrected chi connectivity index (χ4v) is 1.12. The second-order valence-electron chi connectivity index (χ2n) is 2.31. The van der Waals surface area contributed by atoms with Crippen LogP contribution in [0.15, 0.2) is 24.6 Å². The van der Waals surface area contributed by atoms with E-state index in [1.54, 1.807) is 0 Å². The van der Waals surface area contributed by atoms with Crippen molar-refractivity contribution >= 4 is 6.03 Å². The summed E-state index contributed by atoms with van der Waals surface area (Å²) in [7, 11) is 0. The third kappa shape index (κ3) is 1.42. The molecule has 0 radical (unpaired) electrons. The van der Waals surface area contributed by atoms with Crippen LogP contribution in [-0.2, 0) is 0 Å². The SMILES string of the molecule is C=CN1C(=O)NCC/C1=C/C. The molecule has 1 aliphatic heterocycles. The van der Waals surface area contributed by atoms with Gasteiger partial charge < -0.3 is 5.32 Å². The summed E-state index contributed by atoms with van der Waals surface area (Å²) in [4.78, 5) is 12.6. The zero-order valence-corrected chi connectivity index (χ0v) is 6.63. The maximum Gasteiger partial charge on any atom is 0.325 e. The molecule has 0 saturated carbocycles. The zero-order chi connectivity index (χ0) is 8.27. The summed E-state index contributed by atoms with van der Waals surface area (Å²) in [6, 6.07) is -0.0839. The molecular weight excluding hydrogens is 140 g/mol. The van der Waals surface area contributed by atoms with Crippen molar-refractivity contribution in [2.75, 3.05) is 6.54 Å². The van der Waals surface area contributed by atoms with Crippen molar-refractivity contribution in [3.63, 3.8) is 0 Å². The van der Waals surface area contributed by atoms with Gasteiger partial charge in [-0.3, -0.25) is 4.90 Å². The van der Waals surface area contributed by atoms with E-state index in [9.17, 15) is 4.79 Å². The highest BCUT2D eigenvalue weighted by Crippen LogP contribution is 2.12. The van der Waals surface area contributed by atoms with Crippen molar-refractivity contribution < 1.29 is 4.79 Å². The summed E-state index contributed by atoms with van der Waals surface area (Å²) < 4.78 is 0. The smallest absolute Gasteiger partial charge is 0.325 e. The van der Waals surface area contributed by atoms with Crippen LogP contribution < -0.4 is 5.32 Å². The van der Waals surface area contributed by atoms with Crippen molar-refractivity contribution in [3.8, 4) is 0 Å². The molecule has 0 atom stereocenters. The maximum atomic E-state index is 11.1. The van der Waals surface area contributed by atoms with E-state index in [-0.39, 0.29) is 6.03 Å². The van der Waals surface area contributed by atoms with Gasteiger partial charge in [0, 0.05) is 24.9 Å². The average molecular weight is 152 g/mol. The first-order chi connectivity index (χ1) is 5.29. The van der Waals surface area contributed by atoms with E-state index in [0.717, 1.165) is 18.7 Å². The second-order valence-corrected chi connectivity index (χ2v) is 2.31. The predicted octanol–water partition coefficient (Wildman–Crippen LogP) is 1.45. The van der Waals surface area contributed by atoms with Crippen LogP contribution in [0.25, 0.3) is 0 Å². The molecular formula is C8H12N2O. The number of urea groups is 1. The molecule has 2 amide bonds. The van der Waals surface area contributed by atoms with E-state index in [4.69, 9.17) is 0 Å². The van der Waals surface area contributed by atoms with Crippen LogP contribution in [0.5, 0.6) is 0 Å². The number of carbonyl (C=O) groups excluding carboxylic acids is 1. The molecule has 3 nitrogen and oxygen atoms in total. The third-order valence-corrected chi connectivity index (χ3v) is 1.70. The lowest BCUT2D eigenvalue weighted by molar-refractivity contribution is 0.217. The van der Waals surface area contributed by atoms with Gasteiger partial charge in [-0.2, -0.15) is 0 Å². The molecule has 0 unspecified atom stereocenters. The Morgan fingerprint density at radius 3 is 2.91 bits per heavy atom. The lowest BCUT2D eigenvalue weighted by Crippen LogP contribution is -2.41. The molecule has 0 bridgehead atoms. The normalized spacial score (nSPS) is 21.7. The fourth-order valence-electron chi connectivity index (χ4n) is 1.12. The van der Waals surface area contributed by atoms with Crippen LogP contribution in [0.4, 0.5) is 4.79 Å². The van der Waals surface area contributed by atoms with Gasteiger partial charge in [-0.15, -0.1) is 0 Å². The fraction of sp³-hybridized carbons (Fsp3) is 0.375. The highest BCUT2D eigenvalue weighted by molar-refractivity contribution is 5.78. The van der Waals surface area contributed by atoms with E-state index in [2.05, 4.69) is 11.9 Å². The molecule has 0 aromatic carbocycles. The van der Waals surface area contributed by atoms with Crippen LogP contribution >= 0.6 is 0 Å². The Morgan fingerprint density at radius 1 is 1.73 bits per heavy atom. The number of hydrogen-bond donors (Lipinski definition) is 1. The monoisotopic (exact) mass is 152 g/mol. The predicted molar refractivity (Wildman–Crippen MR) is 43.8 cm³/mol. The van der Waals surface area contributed by atoms with Gasteiger partial charge in [0.1, 0.15) is 0 Å². The first-order valence-electron chi connectivity index (χ1n) is 3.64. The number of amides is 2. The van der Waals surface area contributed by atoms with E-state index in [1.165, 1.54) is 11.1 Å². The van der Waals surface area contributed by atoms with Gasteiger partial charge in [0.25, 0.3) is 0 Å². The number of allylic oxidation sites excluding steroid dienone is 1. The van der Waals surface area contributed by atoms with Gasteiger partial charge in [0.05, 0.1) is 0 Å². The topological polar surface area (TPSA) is 32.3 Å². The summed E-state index contributed by atoms with van der Waals surface area (Å²) in [6.45, 7) is 6.20. The number of nitrogens with one attached hydrogen (secondary N) is 1. The largest absolute Gasteiger partial charge is 0.337 e. The Hall–Kier alpha value is -1.25. The summed E-state index contributed by atoms with van der Waals surface area (Å²) in [6.07, 6.45) is 4.35. The third-order valence-electron chi connectivity index (χ3n) is 1.70. The van der Waals surface area contributed by atoms with Crippen molar-refractivity contribution in [2.24, 2.45) is 0 Å². The van der Waals surface area contributed by atoms with Crippen LogP contribution in [-0.4, -0.2) is 17.5 Å². The van der Waals surface area contributed by atoms with Gasteiger partial charge in [0.2, 0.25) is 0 Å². The molecule has 3 heteroatoms. The van der Waals surface area contributed by atoms with Crippen molar-refractivity contribution in [1.82, 2.24) is 10.2 Å². The first-order valence-corrected chi connectivity index (χ1v) is 3.64. The quantitative estimate of drug-likeness (QED) is 0.606. The molecule has 1 aliphatic rings. The number of nitrogens with zero attached hydrogens (tertiary/aromatic N) is 1. The molecule has 1 fully saturated rings. The summed E-state index contributed by atoms with van der Waals surface area (Å²) in [5, 5.41) is 2.72. The second kappa shape index (κ2) is 3.23. The highest BCUT2D eigenvalue weighted by Gasteiger charge is 2.18. The zero-order valence-electron chi connectivity index (χ0n) is 6.63. The van der Waals surface area contributed by atoms with Crippen LogP contribution in [0.2, 0.25) is 0 Å². The Balaban J connectivity index is 2.80. The number of rotatable bonds is 1. The van der Waals surface area contributed by atoms with Gasteiger partial charge in [-0.25, -0.2) is 4.79 Å². The lowest BCUT2D eigenvalue weighted by Gasteiger charge is -2.26. The Morgan fingerprint density at radius 2 is 2.45 bits per heavy atom. The summed E-state index contributed by atoms with van der Waals surface area (Å²) in [5.74, 6) is 0. The van der Waals surface area contributed by atoms with Crippen molar-refractivity contribution in [2.45, 2.75) is 13.3 Å². The van der Waals surface area contributed by atoms with Crippen molar-refractivity contribution in [3.05, 3.63) is 24.6 Å². The first kappa shape index (κ1) is 7.85. The summed E-state index contributed by atoms with van der Waals surface area (Å²) in [5.41, 5.74) is 1.02. The molecule has 1 saturated heterocycles.